The molecule has 8 heteroatoms. The van der Waals surface area contributed by atoms with Crippen LogP contribution in [0.4, 0.5) is 22.2 Å². The number of carbonyl (C=O) groups is 1. The van der Waals surface area contributed by atoms with E-state index in [9.17, 15) is 10.1 Å². The van der Waals surface area contributed by atoms with Gasteiger partial charge in [-0.15, -0.1) is 0 Å². The lowest BCUT2D eigenvalue weighted by Crippen LogP contribution is -2.42. The van der Waals surface area contributed by atoms with Gasteiger partial charge in [-0.05, 0) is 63.5 Å². The molecule has 8 nitrogen and oxygen atoms in total. The van der Waals surface area contributed by atoms with Crippen LogP contribution < -0.4 is 20.9 Å². The normalized spacial score (nSPS) is 19.9. The van der Waals surface area contributed by atoms with E-state index in [0.29, 0.717) is 17.3 Å². The summed E-state index contributed by atoms with van der Waals surface area (Å²) in [6, 6.07) is 9.26. The molecule has 1 saturated carbocycles. The van der Waals surface area contributed by atoms with Crippen molar-refractivity contribution in [3.63, 3.8) is 0 Å². The Morgan fingerprint density at radius 2 is 1.78 bits per heavy atom. The lowest BCUT2D eigenvalue weighted by Gasteiger charge is -2.30. The Balaban J connectivity index is 1.31. The highest BCUT2D eigenvalue weighted by molar-refractivity contribution is 5.90. The Kier molecular flexibility index (Phi) is 6.74. The van der Waals surface area contributed by atoms with Crippen molar-refractivity contribution in [1.82, 2.24) is 15.3 Å². The number of urea groups is 1. The summed E-state index contributed by atoms with van der Waals surface area (Å²) >= 11 is 0. The van der Waals surface area contributed by atoms with Gasteiger partial charge in [0.25, 0.3) is 0 Å². The zero-order chi connectivity index (χ0) is 22.5. The van der Waals surface area contributed by atoms with Crippen molar-refractivity contribution in [2.75, 3.05) is 29.6 Å². The average Bonchev–Trinajstić information content (AvgIpc) is 2.80. The summed E-state index contributed by atoms with van der Waals surface area (Å²) in [4.78, 5) is 24.1. The quantitative estimate of drug-likeness (QED) is 0.662. The lowest BCUT2D eigenvalue weighted by atomic mass is 9.91. The molecule has 3 N–H and O–H groups in total. The number of hydrogen-bond donors (Lipinski definition) is 3. The molecule has 168 valence electrons. The number of hydrogen-bond acceptors (Lipinski definition) is 6. The fraction of sp³-hybridized carbons (Fsp3) is 0.500. The summed E-state index contributed by atoms with van der Waals surface area (Å²) in [5.74, 6) is 1.75. The highest BCUT2D eigenvalue weighted by Gasteiger charge is 2.25. The fourth-order valence-corrected chi connectivity index (χ4v) is 4.61. The third-order valence-corrected chi connectivity index (χ3v) is 6.28. The highest BCUT2D eigenvalue weighted by Crippen LogP contribution is 2.29. The second-order valence-electron chi connectivity index (χ2n) is 8.85. The first-order chi connectivity index (χ1) is 15.5. The average molecular weight is 434 g/mol. The van der Waals surface area contributed by atoms with Crippen LogP contribution in [-0.2, 0) is 12.8 Å². The fourth-order valence-electron chi connectivity index (χ4n) is 4.61. The van der Waals surface area contributed by atoms with Crippen molar-refractivity contribution in [3.8, 4) is 6.07 Å². The molecule has 1 heterocycles. The smallest absolute Gasteiger partial charge is 0.319 e. The molecule has 1 aromatic heterocycles. The van der Waals surface area contributed by atoms with Gasteiger partial charge < -0.3 is 20.9 Å². The first kappa shape index (κ1) is 21.9. The number of anilines is 3. The minimum absolute atomic E-state index is 0.115. The molecule has 2 aliphatic rings. The predicted molar refractivity (Wildman–Crippen MR) is 126 cm³/mol. The number of amides is 2. The number of nitriles is 1. The molecule has 2 aliphatic carbocycles. The van der Waals surface area contributed by atoms with Crippen LogP contribution in [0.5, 0.6) is 0 Å². The van der Waals surface area contributed by atoms with E-state index in [4.69, 9.17) is 9.97 Å². The van der Waals surface area contributed by atoms with Crippen molar-refractivity contribution in [3.05, 3.63) is 41.1 Å². The standard InChI is InChI=1S/C24H31N7O/c1-31(2)22-19-8-4-6-10-21(19)28-23(30-22)26-17-11-13-18(14-12-17)27-24(32)29-20-9-5-3-7-16(20)15-25/h3,5,7,9,17-18H,4,6,8,10-14H2,1-2H3,(H,26,28,30)(H2,27,29,32)/t17-,18+. The van der Waals surface area contributed by atoms with Crippen LogP contribution in [-0.4, -0.2) is 42.2 Å². The number of fused-ring (bicyclic) bond motifs is 1. The van der Waals surface area contributed by atoms with Gasteiger partial charge >= 0.3 is 6.03 Å². The van der Waals surface area contributed by atoms with Crippen molar-refractivity contribution in [1.29, 1.82) is 5.26 Å². The first-order valence-corrected chi connectivity index (χ1v) is 11.4. The third kappa shape index (κ3) is 5.10. The number of benzene rings is 1. The Morgan fingerprint density at radius 3 is 2.53 bits per heavy atom. The van der Waals surface area contributed by atoms with Gasteiger partial charge in [0.1, 0.15) is 11.9 Å². The number of rotatable bonds is 5. The molecule has 0 bridgehead atoms. The van der Waals surface area contributed by atoms with Crippen LogP contribution in [0.3, 0.4) is 0 Å². The minimum Gasteiger partial charge on any atom is -0.362 e. The van der Waals surface area contributed by atoms with E-state index >= 15 is 0 Å². The summed E-state index contributed by atoms with van der Waals surface area (Å²) < 4.78 is 0. The second-order valence-corrected chi connectivity index (χ2v) is 8.85. The molecule has 2 aromatic rings. The summed E-state index contributed by atoms with van der Waals surface area (Å²) in [7, 11) is 4.08. The van der Waals surface area contributed by atoms with E-state index in [1.807, 2.05) is 14.1 Å². The molecule has 0 saturated heterocycles. The minimum atomic E-state index is -0.266. The van der Waals surface area contributed by atoms with E-state index in [0.717, 1.165) is 50.3 Å². The monoisotopic (exact) mass is 433 g/mol. The van der Waals surface area contributed by atoms with Crippen molar-refractivity contribution in [2.24, 2.45) is 0 Å². The summed E-state index contributed by atoms with van der Waals surface area (Å²) in [6.07, 6.45) is 8.13. The molecule has 0 radical (unpaired) electrons. The summed E-state index contributed by atoms with van der Waals surface area (Å²) in [5, 5.41) is 18.6. The van der Waals surface area contributed by atoms with E-state index in [1.54, 1.807) is 24.3 Å². The van der Waals surface area contributed by atoms with Gasteiger partial charge in [0.15, 0.2) is 0 Å². The van der Waals surface area contributed by atoms with E-state index in [1.165, 1.54) is 24.1 Å². The maximum absolute atomic E-state index is 12.4. The molecule has 32 heavy (non-hydrogen) atoms. The first-order valence-electron chi connectivity index (χ1n) is 11.4. The van der Waals surface area contributed by atoms with Crippen molar-refractivity contribution < 1.29 is 4.79 Å². The molecule has 0 aliphatic heterocycles. The van der Waals surface area contributed by atoms with Gasteiger partial charge in [-0.1, -0.05) is 12.1 Å². The summed E-state index contributed by atoms with van der Waals surface area (Å²) in [5.41, 5.74) is 3.47. The summed E-state index contributed by atoms with van der Waals surface area (Å²) in [6.45, 7) is 0. The van der Waals surface area contributed by atoms with E-state index < -0.39 is 0 Å². The molecular weight excluding hydrogens is 402 g/mol. The number of nitrogens with zero attached hydrogens (tertiary/aromatic N) is 4. The zero-order valence-electron chi connectivity index (χ0n) is 18.8. The topological polar surface area (TPSA) is 106 Å². The molecule has 4 rings (SSSR count). The molecule has 0 spiro atoms. The zero-order valence-corrected chi connectivity index (χ0v) is 18.8. The number of aryl methyl sites for hydroxylation is 1. The van der Waals surface area contributed by atoms with Gasteiger partial charge in [-0.2, -0.15) is 10.2 Å². The number of aromatic nitrogens is 2. The van der Waals surface area contributed by atoms with Crippen LogP contribution in [0.1, 0.15) is 55.3 Å². The second kappa shape index (κ2) is 9.86. The Labute approximate surface area is 189 Å². The van der Waals surface area contributed by atoms with Crippen molar-refractivity contribution >= 4 is 23.5 Å². The molecule has 1 fully saturated rings. The van der Waals surface area contributed by atoms with Gasteiger partial charge in [0.05, 0.1) is 16.9 Å². The molecule has 1 aromatic carbocycles. The molecule has 0 unspecified atom stereocenters. The maximum Gasteiger partial charge on any atom is 0.319 e. The lowest BCUT2D eigenvalue weighted by molar-refractivity contribution is 0.243. The van der Waals surface area contributed by atoms with Gasteiger partial charge in [-0.3, -0.25) is 0 Å². The maximum atomic E-state index is 12.4. The van der Waals surface area contributed by atoms with E-state index in [-0.39, 0.29) is 12.1 Å². The van der Waals surface area contributed by atoms with Gasteiger partial charge in [0.2, 0.25) is 5.95 Å². The SMILES string of the molecule is CN(C)c1nc(N[C@H]2CC[C@@H](NC(=O)Nc3ccccc3C#N)CC2)nc2c1CCCC2. The molecule has 2 amide bonds. The van der Waals surface area contributed by atoms with Crippen LogP contribution in [0.25, 0.3) is 0 Å². The highest BCUT2D eigenvalue weighted by atomic mass is 16.2. The molecule has 0 atom stereocenters. The largest absolute Gasteiger partial charge is 0.362 e. The van der Waals surface area contributed by atoms with Crippen LogP contribution in [0.2, 0.25) is 0 Å². The van der Waals surface area contributed by atoms with Crippen LogP contribution in [0, 0.1) is 11.3 Å². The van der Waals surface area contributed by atoms with Crippen molar-refractivity contribution in [2.45, 2.75) is 63.5 Å². The van der Waals surface area contributed by atoms with Crippen LogP contribution >= 0.6 is 0 Å². The predicted octanol–water partition coefficient (Wildman–Crippen LogP) is 3.84. The molecular formula is C24H31N7O. The third-order valence-electron chi connectivity index (χ3n) is 6.28. The van der Waals surface area contributed by atoms with Crippen LogP contribution in [0.15, 0.2) is 24.3 Å². The number of nitrogens with one attached hydrogen (secondary N) is 3. The number of para-hydroxylation sites is 1. The van der Waals surface area contributed by atoms with E-state index in [2.05, 4.69) is 26.9 Å². The van der Waals surface area contributed by atoms with Gasteiger partial charge in [-0.25, -0.2) is 9.78 Å². The Hall–Kier alpha value is -3.34. The number of carbonyl (C=O) groups excluding carboxylic acids is 1. The van der Waals surface area contributed by atoms with Gasteiger partial charge in [0, 0.05) is 31.7 Å². The Morgan fingerprint density at radius 1 is 1.06 bits per heavy atom. The Bertz CT molecular complexity index is 1010.